The Balaban J connectivity index is 1.79. The van der Waals surface area contributed by atoms with Crippen molar-refractivity contribution in [1.29, 1.82) is 0 Å². The number of carbonyl (C=O) groups is 2. The largest absolute Gasteiger partial charge is 0.462 e. The number of carbonyl (C=O) groups excluding carboxylic acids is 2. The molecule has 0 aliphatic heterocycles. The van der Waals surface area contributed by atoms with Gasteiger partial charge in [-0.3, -0.25) is 9.59 Å². The molecule has 4 aliphatic rings. The van der Waals surface area contributed by atoms with Crippen molar-refractivity contribution in [2.24, 2.45) is 46.3 Å². The average Bonchev–Trinajstić information content (AvgIpc) is 2.95. The predicted molar refractivity (Wildman–Crippen MR) is 120 cm³/mol. The molecule has 0 aromatic carbocycles. The zero-order chi connectivity index (χ0) is 22.0. The molecule has 2 fully saturated rings. The van der Waals surface area contributed by atoms with Gasteiger partial charge in [-0.1, -0.05) is 45.4 Å². The Morgan fingerprint density at radius 3 is 2.60 bits per heavy atom. The second-order valence-corrected chi connectivity index (χ2v) is 11.6. The molecule has 8 atom stereocenters. The van der Waals surface area contributed by atoms with E-state index in [1.54, 1.807) is 6.08 Å². The van der Waals surface area contributed by atoms with Crippen LogP contribution in [0.2, 0.25) is 0 Å². The zero-order valence-electron chi connectivity index (χ0n) is 18.7. The third kappa shape index (κ3) is 3.13. The highest BCUT2D eigenvalue weighted by atomic mass is 35.5. The highest BCUT2D eigenvalue weighted by Crippen LogP contribution is 2.67. The Morgan fingerprint density at radius 2 is 2.00 bits per heavy atom. The molecule has 0 unspecified atom stereocenters. The molecule has 0 spiro atoms. The molecule has 0 aromatic heterocycles. The van der Waals surface area contributed by atoms with Gasteiger partial charge in [0.05, 0.1) is 0 Å². The summed E-state index contributed by atoms with van der Waals surface area (Å²) in [7, 11) is 0. The number of hydrogen-bond donors (Lipinski definition) is 0. The van der Waals surface area contributed by atoms with E-state index in [0.717, 1.165) is 29.9 Å². The first-order chi connectivity index (χ1) is 14.0. The molecular formula is C25H34Cl2O3. The van der Waals surface area contributed by atoms with Gasteiger partial charge in [-0.25, -0.2) is 0 Å². The van der Waals surface area contributed by atoms with Crippen molar-refractivity contribution in [2.75, 3.05) is 5.88 Å². The lowest BCUT2D eigenvalue weighted by Crippen LogP contribution is -2.53. The fraction of sp³-hybridized carbons (Fsp3) is 0.760. The average molecular weight is 453 g/mol. The van der Waals surface area contributed by atoms with Crippen LogP contribution in [-0.2, 0) is 14.3 Å². The molecule has 5 heteroatoms. The molecule has 4 aliphatic carbocycles. The van der Waals surface area contributed by atoms with Gasteiger partial charge in [-0.05, 0) is 66.4 Å². The third-order valence-corrected chi connectivity index (χ3v) is 9.92. The number of esters is 1. The van der Waals surface area contributed by atoms with Crippen LogP contribution < -0.4 is 0 Å². The van der Waals surface area contributed by atoms with Crippen molar-refractivity contribution >= 4 is 35.0 Å². The molecule has 0 amide bonds. The minimum Gasteiger partial charge on any atom is -0.462 e. The number of ketones is 1. The number of allylic oxidation sites excluding steroid dienone is 4. The summed E-state index contributed by atoms with van der Waals surface area (Å²) in [5, 5.41) is 0.725. The smallest absolute Gasteiger partial charge is 0.302 e. The Labute approximate surface area is 190 Å². The molecule has 3 nitrogen and oxygen atoms in total. The fourth-order valence-electron chi connectivity index (χ4n) is 7.56. The van der Waals surface area contributed by atoms with Gasteiger partial charge in [0.15, 0.2) is 5.78 Å². The predicted octanol–water partition coefficient (Wildman–Crippen LogP) is 6.14. The lowest BCUT2D eigenvalue weighted by Gasteiger charge is -2.58. The minimum atomic E-state index is -0.183. The summed E-state index contributed by atoms with van der Waals surface area (Å²) >= 11 is 13.3. The molecule has 0 saturated heterocycles. The molecule has 2 saturated carbocycles. The first kappa shape index (κ1) is 22.4. The van der Waals surface area contributed by atoms with Crippen LogP contribution in [-0.4, -0.2) is 23.7 Å². The van der Waals surface area contributed by atoms with E-state index in [4.69, 9.17) is 27.9 Å². The number of hydrogen-bond acceptors (Lipinski definition) is 3. The van der Waals surface area contributed by atoms with E-state index < -0.39 is 0 Å². The zero-order valence-corrected chi connectivity index (χ0v) is 20.2. The van der Waals surface area contributed by atoms with Gasteiger partial charge >= 0.3 is 5.97 Å². The Bertz CT molecular complexity index is 815. The second-order valence-electron chi connectivity index (χ2n) is 10.9. The van der Waals surface area contributed by atoms with Gasteiger partial charge in [-0.2, -0.15) is 0 Å². The number of fused-ring (bicyclic) bond motifs is 5. The molecule has 0 heterocycles. The van der Waals surface area contributed by atoms with E-state index in [-0.39, 0.29) is 34.6 Å². The lowest BCUT2D eigenvalue weighted by atomic mass is 9.47. The van der Waals surface area contributed by atoms with Crippen LogP contribution in [0.1, 0.15) is 60.3 Å². The summed E-state index contributed by atoms with van der Waals surface area (Å²) in [5.41, 5.74) is 0.764. The Hall–Kier alpha value is -0.800. The monoisotopic (exact) mass is 452 g/mol. The summed E-state index contributed by atoms with van der Waals surface area (Å²) in [4.78, 5) is 24.3. The van der Waals surface area contributed by atoms with Crippen molar-refractivity contribution in [3.8, 4) is 0 Å². The summed E-state index contributed by atoms with van der Waals surface area (Å²) < 4.78 is 5.98. The number of halogens is 2. The molecular weight excluding hydrogens is 419 g/mol. The van der Waals surface area contributed by atoms with Gasteiger partial charge in [0.1, 0.15) is 6.10 Å². The fourth-order valence-corrected chi connectivity index (χ4v) is 8.39. The summed E-state index contributed by atoms with van der Waals surface area (Å²) in [6, 6.07) is 0. The maximum atomic E-state index is 12.4. The first-order valence-electron chi connectivity index (χ1n) is 11.4. The normalized spacial score (nSPS) is 45.3. The van der Waals surface area contributed by atoms with E-state index in [1.807, 2.05) is 0 Å². The van der Waals surface area contributed by atoms with Crippen molar-refractivity contribution in [3.63, 3.8) is 0 Å². The van der Waals surface area contributed by atoms with E-state index >= 15 is 0 Å². The van der Waals surface area contributed by atoms with Gasteiger partial charge in [0.2, 0.25) is 0 Å². The van der Waals surface area contributed by atoms with E-state index in [9.17, 15) is 9.59 Å². The lowest BCUT2D eigenvalue weighted by molar-refractivity contribution is -0.160. The molecule has 0 aromatic rings. The van der Waals surface area contributed by atoms with E-state index in [2.05, 4.69) is 33.8 Å². The van der Waals surface area contributed by atoms with Crippen LogP contribution in [0.25, 0.3) is 0 Å². The van der Waals surface area contributed by atoms with Crippen LogP contribution in [0.3, 0.4) is 0 Å². The van der Waals surface area contributed by atoms with E-state index in [0.29, 0.717) is 41.9 Å². The van der Waals surface area contributed by atoms with Crippen LogP contribution >= 0.6 is 23.2 Å². The van der Waals surface area contributed by atoms with Crippen LogP contribution in [0.5, 0.6) is 0 Å². The Morgan fingerprint density at radius 1 is 1.30 bits per heavy atom. The van der Waals surface area contributed by atoms with Crippen molar-refractivity contribution in [2.45, 2.75) is 66.4 Å². The van der Waals surface area contributed by atoms with Gasteiger partial charge < -0.3 is 4.74 Å². The van der Waals surface area contributed by atoms with Crippen LogP contribution in [0, 0.1) is 46.3 Å². The highest BCUT2D eigenvalue weighted by Gasteiger charge is 2.63. The summed E-state index contributed by atoms with van der Waals surface area (Å²) in [5.74, 6) is 2.48. The van der Waals surface area contributed by atoms with Gasteiger partial charge in [0.25, 0.3) is 0 Å². The molecule has 0 bridgehead atoms. The van der Waals surface area contributed by atoms with Crippen molar-refractivity contribution in [1.82, 2.24) is 0 Å². The first-order valence-corrected chi connectivity index (χ1v) is 12.3. The quantitative estimate of drug-likeness (QED) is 0.381. The molecule has 166 valence electrons. The van der Waals surface area contributed by atoms with Crippen LogP contribution in [0.15, 0.2) is 22.8 Å². The molecule has 0 radical (unpaired) electrons. The van der Waals surface area contributed by atoms with Crippen LogP contribution in [0.4, 0.5) is 0 Å². The standard InChI is InChI=1S/C25H34Cl2O3/c1-13(2)17-10-20-18-11-22(27)21-9-16(29)8-15(12-26)25(21,5)19(18)6-7-24(20,4)23(17)30-14(3)28/h9,11,13,15,17-20,23H,6-8,10,12H2,1-5H3/t15-,17-,18-,19+,20+,23+,24+,25-/m1/s1. The number of ether oxygens (including phenoxy) is 1. The molecule has 4 rings (SSSR count). The number of rotatable bonds is 3. The maximum absolute atomic E-state index is 12.4. The second kappa shape index (κ2) is 7.66. The third-order valence-electron chi connectivity index (χ3n) is 9.22. The van der Waals surface area contributed by atoms with Gasteiger partial charge in [-0.15, -0.1) is 11.6 Å². The number of alkyl halides is 1. The van der Waals surface area contributed by atoms with Crippen molar-refractivity contribution in [3.05, 3.63) is 22.8 Å². The minimum absolute atomic E-state index is 0.0466. The SMILES string of the molecule is CC(=O)O[C@H]1[C@@H](C(C)C)C[C@H]2[C@@H]3C=C(Cl)C4=CC(=O)C[C@H](CCl)[C@]4(C)[C@H]3CC[C@@]21C. The van der Waals surface area contributed by atoms with Gasteiger partial charge in [0, 0.05) is 35.1 Å². The highest BCUT2D eigenvalue weighted by molar-refractivity contribution is 6.32. The molecule has 30 heavy (non-hydrogen) atoms. The topological polar surface area (TPSA) is 43.4 Å². The maximum Gasteiger partial charge on any atom is 0.302 e. The van der Waals surface area contributed by atoms with E-state index in [1.165, 1.54) is 6.92 Å². The van der Waals surface area contributed by atoms with Crippen molar-refractivity contribution < 1.29 is 14.3 Å². The summed E-state index contributed by atoms with van der Waals surface area (Å²) in [6.45, 7) is 10.6. The summed E-state index contributed by atoms with van der Waals surface area (Å²) in [6.07, 6.45) is 7.57. The molecule has 0 N–H and O–H groups in total. The Kier molecular flexibility index (Phi) is 5.72.